The number of nitrogen functional groups attached to an aromatic ring is 1. The molecular weight excluding hydrogens is 240 g/mol. The molecule has 0 radical (unpaired) electrons. The number of hydrogen-bond acceptors (Lipinski definition) is 3. The molecule has 2 aromatic carbocycles. The van der Waals surface area contributed by atoms with Gasteiger partial charge in [-0.25, -0.2) is 0 Å². The minimum absolute atomic E-state index is 0.0230. The summed E-state index contributed by atoms with van der Waals surface area (Å²) in [5.41, 5.74) is 7.95. The van der Waals surface area contributed by atoms with Crippen molar-refractivity contribution in [2.45, 2.75) is 6.92 Å². The third-order valence-electron chi connectivity index (χ3n) is 3.05. The summed E-state index contributed by atoms with van der Waals surface area (Å²) in [5, 5.41) is 9.94. The molecule has 0 aliphatic rings. The van der Waals surface area contributed by atoms with Crippen molar-refractivity contribution in [2.75, 3.05) is 17.7 Å². The first-order valence-corrected chi connectivity index (χ1v) is 5.93. The zero-order valence-corrected chi connectivity index (χ0v) is 10.9. The Hall–Kier alpha value is -2.49. The molecule has 98 valence electrons. The summed E-state index contributed by atoms with van der Waals surface area (Å²) in [7, 11) is 1.66. The van der Waals surface area contributed by atoms with Crippen molar-refractivity contribution in [3.63, 3.8) is 0 Å². The van der Waals surface area contributed by atoms with Crippen LogP contribution in [0.1, 0.15) is 15.9 Å². The van der Waals surface area contributed by atoms with E-state index in [9.17, 15) is 9.90 Å². The lowest BCUT2D eigenvalue weighted by molar-refractivity contribution is 0.0990. The number of anilines is 2. The zero-order chi connectivity index (χ0) is 14.0. The predicted molar refractivity (Wildman–Crippen MR) is 76.4 cm³/mol. The minimum Gasteiger partial charge on any atom is -0.507 e. The summed E-state index contributed by atoms with van der Waals surface area (Å²) in [6.45, 7) is 1.76. The Morgan fingerprint density at radius 3 is 2.42 bits per heavy atom. The molecule has 0 saturated heterocycles. The second-order valence-electron chi connectivity index (χ2n) is 4.43. The molecule has 0 saturated carbocycles. The van der Waals surface area contributed by atoms with Crippen LogP contribution < -0.4 is 10.6 Å². The third-order valence-corrected chi connectivity index (χ3v) is 3.05. The van der Waals surface area contributed by atoms with Crippen molar-refractivity contribution in [3.8, 4) is 5.75 Å². The number of para-hydroxylation sites is 1. The van der Waals surface area contributed by atoms with E-state index in [4.69, 9.17) is 5.73 Å². The number of aromatic hydroxyl groups is 1. The van der Waals surface area contributed by atoms with Gasteiger partial charge in [0.05, 0.1) is 5.56 Å². The Labute approximate surface area is 112 Å². The van der Waals surface area contributed by atoms with Crippen molar-refractivity contribution in [2.24, 2.45) is 0 Å². The molecule has 0 heterocycles. The van der Waals surface area contributed by atoms with Crippen LogP contribution >= 0.6 is 0 Å². The number of nitrogens with two attached hydrogens (primary N) is 1. The lowest BCUT2D eigenvalue weighted by atomic mass is 10.1. The molecule has 0 unspecified atom stereocenters. The SMILES string of the molecule is Cc1cccc(C(=O)N(C)c2ccc(N)cc2)c1O. The van der Waals surface area contributed by atoms with Crippen LogP contribution in [0.15, 0.2) is 42.5 Å². The molecule has 2 rings (SSSR count). The summed E-state index contributed by atoms with van der Waals surface area (Å²) < 4.78 is 0. The summed E-state index contributed by atoms with van der Waals surface area (Å²) in [6.07, 6.45) is 0. The van der Waals surface area contributed by atoms with Crippen LogP contribution in [0.5, 0.6) is 5.75 Å². The molecule has 0 aliphatic heterocycles. The number of nitrogens with zero attached hydrogens (tertiary/aromatic N) is 1. The van der Waals surface area contributed by atoms with E-state index < -0.39 is 0 Å². The maximum absolute atomic E-state index is 12.3. The van der Waals surface area contributed by atoms with Gasteiger partial charge in [-0.1, -0.05) is 12.1 Å². The number of carbonyl (C=O) groups excluding carboxylic acids is 1. The van der Waals surface area contributed by atoms with Crippen LogP contribution in [0.4, 0.5) is 11.4 Å². The average Bonchev–Trinajstić information content (AvgIpc) is 2.41. The normalized spacial score (nSPS) is 10.2. The van der Waals surface area contributed by atoms with Crippen LogP contribution in [0, 0.1) is 6.92 Å². The monoisotopic (exact) mass is 256 g/mol. The van der Waals surface area contributed by atoms with Gasteiger partial charge < -0.3 is 15.7 Å². The maximum Gasteiger partial charge on any atom is 0.261 e. The second-order valence-corrected chi connectivity index (χ2v) is 4.43. The van der Waals surface area contributed by atoms with Gasteiger partial charge in [0.15, 0.2) is 0 Å². The van der Waals surface area contributed by atoms with Gasteiger partial charge in [-0.15, -0.1) is 0 Å². The third kappa shape index (κ3) is 2.52. The van der Waals surface area contributed by atoms with Crippen molar-refractivity contribution in [1.82, 2.24) is 0 Å². The zero-order valence-electron chi connectivity index (χ0n) is 10.9. The average molecular weight is 256 g/mol. The van der Waals surface area contributed by atoms with E-state index in [0.29, 0.717) is 16.8 Å². The van der Waals surface area contributed by atoms with Crippen LogP contribution in [-0.4, -0.2) is 18.1 Å². The largest absolute Gasteiger partial charge is 0.507 e. The van der Waals surface area contributed by atoms with Gasteiger partial charge in [-0.05, 0) is 42.8 Å². The number of benzene rings is 2. The van der Waals surface area contributed by atoms with Gasteiger partial charge in [0.1, 0.15) is 5.75 Å². The molecule has 1 amide bonds. The van der Waals surface area contributed by atoms with Gasteiger partial charge in [-0.3, -0.25) is 4.79 Å². The fourth-order valence-corrected chi connectivity index (χ4v) is 1.83. The van der Waals surface area contributed by atoms with Crippen LogP contribution in [-0.2, 0) is 0 Å². The standard InChI is InChI=1S/C15H16N2O2/c1-10-4-3-5-13(14(10)18)15(19)17(2)12-8-6-11(16)7-9-12/h3-9,18H,16H2,1-2H3. The molecule has 4 nitrogen and oxygen atoms in total. The highest BCUT2D eigenvalue weighted by Crippen LogP contribution is 2.25. The number of amides is 1. The Bertz CT molecular complexity index is 606. The smallest absolute Gasteiger partial charge is 0.261 e. The molecule has 0 bridgehead atoms. The molecule has 3 N–H and O–H groups in total. The first-order valence-electron chi connectivity index (χ1n) is 5.93. The molecule has 0 fully saturated rings. The number of phenols is 1. The number of aryl methyl sites for hydroxylation is 1. The highest BCUT2D eigenvalue weighted by molar-refractivity contribution is 6.07. The fraction of sp³-hybridized carbons (Fsp3) is 0.133. The lowest BCUT2D eigenvalue weighted by Crippen LogP contribution is -2.26. The summed E-state index contributed by atoms with van der Waals surface area (Å²) >= 11 is 0. The Balaban J connectivity index is 2.33. The molecule has 0 atom stereocenters. The summed E-state index contributed by atoms with van der Waals surface area (Å²) in [6, 6.07) is 12.1. The van der Waals surface area contributed by atoms with Crippen molar-refractivity contribution < 1.29 is 9.90 Å². The maximum atomic E-state index is 12.3. The van der Waals surface area contributed by atoms with Gasteiger partial charge in [0.25, 0.3) is 5.91 Å². The topological polar surface area (TPSA) is 66.6 Å². The van der Waals surface area contributed by atoms with Gasteiger partial charge in [-0.2, -0.15) is 0 Å². The number of rotatable bonds is 2. The van der Waals surface area contributed by atoms with E-state index in [2.05, 4.69) is 0 Å². The highest BCUT2D eigenvalue weighted by Gasteiger charge is 2.17. The Kier molecular flexibility index (Phi) is 3.42. The molecule has 4 heteroatoms. The first kappa shape index (κ1) is 13.0. The Morgan fingerprint density at radius 2 is 1.79 bits per heavy atom. The summed E-state index contributed by atoms with van der Waals surface area (Å²) in [4.78, 5) is 13.8. The quantitative estimate of drug-likeness (QED) is 0.811. The fourth-order valence-electron chi connectivity index (χ4n) is 1.83. The first-order chi connectivity index (χ1) is 9.00. The van der Waals surface area contributed by atoms with E-state index in [-0.39, 0.29) is 11.7 Å². The van der Waals surface area contributed by atoms with Crippen molar-refractivity contribution in [3.05, 3.63) is 53.6 Å². The number of carbonyl (C=O) groups is 1. The Morgan fingerprint density at radius 1 is 1.16 bits per heavy atom. The van der Waals surface area contributed by atoms with Crippen molar-refractivity contribution in [1.29, 1.82) is 0 Å². The second kappa shape index (κ2) is 5.02. The molecule has 0 spiro atoms. The van der Waals surface area contributed by atoms with E-state index in [1.807, 2.05) is 0 Å². The van der Waals surface area contributed by atoms with Crippen LogP contribution in [0.25, 0.3) is 0 Å². The predicted octanol–water partition coefficient (Wildman–Crippen LogP) is 2.56. The summed E-state index contributed by atoms with van der Waals surface area (Å²) in [5.74, 6) is -0.235. The van der Waals surface area contributed by atoms with E-state index in [1.165, 1.54) is 4.90 Å². The van der Waals surface area contributed by atoms with Gasteiger partial charge >= 0.3 is 0 Å². The van der Waals surface area contributed by atoms with Gasteiger partial charge in [0.2, 0.25) is 0 Å². The van der Waals surface area contributed by atoms with E-state index >= 15 is 0 Å². The van der Waals surface area contributed by atoms with Crippen molar-refractivity contribution >= 4 is 17.3 Å². The van der Waals surface area contributed by atoms with Gasteiger partial charge in [0, 0.05) is 18.4 Å². The van der Waals surface area contributed by atoms with E-state index in [0.717, 1.165) is 5.69 Å². The molecule has 0 aromatic heterocycles. The number of phenolic OH excluding ortho intramolecular Hbond substituents is 1. The van der Waals surface area contributed by atoms with Crippen LogP contribution in [0.3, 0.4) is 0 Å². The molecular formula is C15H16N2O2. The molecule has 0 aliphatic carbocycles. The molecule has 2 aromatic rings. The van der Waals surface area contributed by atoms with Crippen LogP contribution in [0.2, 0.25) is 0 Å². The molecule has 19 heavy (non-hydrogen) atoms. The lowest BCUT2D eigenvalue weighted by Gasteiger charge is -2.18. The number of hydrogen-bond donors (Lipinski definition) is 2. The van der Waals surface area contributed by atoms with E-state index in [1.54, 1.807) is 56.4 Å². The minimum atomic E-state index is -0.258. The highest BCUT2D eigenvalue weighted by atomic mass is 16.3.